The summed E-state index contributed by atoms with van der Waals surface area (Å²) in [6.45, 7) is 3.12. The first kappa shape index (κ1) is 17.9. The minimum Gasteiger partial charge on any atom is -0.497 e. The molecule has 1 fully saturated rings. The predicted molar refractivity (Wildman–Crippen MR) is 104 cm³/mol. The highest BCUT2D eigenvalue weighted by molar-refractivity contribution is 5.79. The molecule has 142 valence electrons. The Labute approximate surface area is 160 Å². The predicted octanol–water partition coefficient (Wildman–Crippen LogP) is 2.56. The van der Waals surface area contributed by atoms with Gasteiger partial charge in [0.25, 0.3) is 0 Å². The Morgan fingerprint density at radius 2 is 2.00 bits per heavy atom. The first-order valence-electron chi connectivity index (χ1n) is 9.60. The van der Waals surface area contributed by atoms with Gasteiger partial charge in [0, 0.05) is 38.5 Å². The highest BCUT2D eigenvalue weighted by Gasteiger charge is 2.28. The molecule has 2 aliphatic rings. The number of nitrogens with zero attached hydrogens (tertiary/aromatic N) is 1. The van der Waals surface area contributed by atoms with E-state index in [4.69, 9.17) is 9.47 Å². The summed E-state index contributed by atoms with van der Waals surface area (Å²) < 4.78 is 10.7. The molecule has 5 nitrogen and oxygen atoms in total. The average molecular weight is 366 g/mol. The SMILES string of the molecule is COc1ccc(CCN2C[C@H](NCc3ccc4c(c3)CCO4)CC2=O)cc1. The lowest BCUT2D eigenvalue weighted by Crippen LogP contribution is -2.33. The van der Waals surface area contributed by atoms with Crippen molar-refractivity contribution in [3.05, 3.63) is 59.2 Å². The van der Waals surface area contributed by atoms with Crippen molar-refractivity contribution in [1.29, 1.82) is 0 Å². The lowest BCUT2D eigenvalue weighted by Gasteiger charge is -2.17. The van der Waals surface area contributed by atoms with Gasteiger partial charge in [0.05, 0.1) is 13.7 Å². The molecular weight excluding hydrogens is 340 g/mol. The van der Waals surface area contributed by atoms with Gasteiger partial charge >= 0.3 is 0 Å². The topological polar surface area (TPSA) is 50.8 Å². The maximum Gasteiger partial charge on any atom is 0.224 e. The third-order valence-electron chi connectivity index (χ3n) is 5.39. The maximum atomic E-state index is 12.3. The Bertz CT molecular complexity index is 804. The summed E-state index contributed by atoms with van der Waals surface area (Å²) in [4.78, 5) is 14.3. The van der Waals surface area contributed by atoms with Gasteiger partial charge in [0.2, 0.25) is 5.91 Å². The Hall–Kier alpha value is -2.53. The van der Waals surface area contributed by atoms with Gasteiger partial charge in [-0.05, 0) is 41.3 Å². The zero-order valence-electron chi connectivity index (χ0n) is 15.7. The van der Waals surface area contributed by atoms with E-state index in [9.17, 15) is 4.79 Å². The van der Waals surface area contributed by atoms with E-state index in [0.717, 1.165) is 50.6 Å². The molecule has 0 spiro atoms. The van der Waals surface area contributed by atoms with Crippen LogP contribution in [0.25, 0.3) is 0 Å². The standard InChI is InChI=1S/C22H26N2O3/c1-26-20-5-2-16(3-6-20)8-10-24-15-19(13-22(24)25)23-14-17-4-7-21-18(12-17)9-11-27-21/h2-7,12,19,23H,8-11,13-15H2,1H3/t19-/m1/s1. The summed E-state index contributed by atoms with van der Waals surface area (Å²) in [5.41, 5.74) is 3.77. The molecule has 0 saturated carbocycles. The summed E-state index contributed by atoms with van der Waals surface area (Å²) in [7, 11) is 1.67. The van der Waals surface area contributed by atoms with Crippen LogP contribution in [-0.2, 0) is 24.2 Å². The van der Waals surface area contributed by atoms with Crippen molar-refractivity contribution in [1.82, 2.24) is 10.2 Å². The van der Waals surface area contributed by atoms with Crippen LogP contribution in [0.2, 0.25) is 0 Å². The van der Waals surface area contributed by atoms with Crippen LogP contribution in [0.15, 0.2) is 42.5 Å². The van der Waals surface area contributed by atoms with Crippen LogP contribution in [0.4, 0.5) is 0 Å². The largest absolute Gasteiger partial charge is 0.497 e. The van der Waals surface area contributed by atoms with E-state index in [2.05, 4.69) is 35.6 Å². The van der Waals surface area contributed by atoms with Gasteiger partial charge in [-0.15, -0.1) is 0 Å². The number of amides is 1. The van der Waals surface area contributed by atoms with Crippen LogP contribution >= 0.6 is 0 Å². The number of nitrogens with one attached hydrogen (secondary N) is 1. The van der Waals surface area contributed by atoms with Gasteiger partial charge in [0.15, 0.2) is 0 Å². The summed E-state index contributed by atoms with van der Waals surface area (Å²) in [6.07, 6.45) is 2.44. The Morgan fingerprint density at radius 3 is 2.81 bits per heavy atom. The number of carbonyl (C=O) groups is 1. The van der Waals surface area contributed by atoms with Crippen LogP contribution in [0.1, 0.15) is 23.1 Å². The summed E-state index contributed by atoms with van der Waals surface area (Å²) >= 11 is 0. The number of rotatable bonds is 7. The smallest absolute Gasteiger partial charge is 0.224 e. The molecule has 0 unspecified atom stereocenters. The van der Waals surface area contributed by atoms with Gasteiger partial charge in [0.1, 0.15) is 11.5 Å². The number of likely N-dealkylation sites (tertiary alicyclic amines) is 1. The molecule has 27 heavy (non-hydrogen) atoms. The molecule has 0 aliphatic carbocycles. The number of fused-ring (bicyclic) bond motifs is 1. The highest BCUT2D eigenvalue weighted by Crippen LogP contribution is 2.26. The minimum absolute atomic E-state index is 0.220. The average Bonchev–Trinajstić information content (AvgIpc) is 3.30. The molecule has 1 saturated heterocycles. The molecule has 0 aromatic heterocycles. The lowest BCUT2D eigenvalue weighted by molar-refractivity contribution is -0.127. The third-order valence-corrected chi connectivity index (χ3v) is 5.39. The third kappa shape index (κ3) is 4.25. The quantitative estimate of drug-likeness (QED) is 0.818. The molecular formula is C22H26N2O3. The van der Waals surface area contributed by atoms with Crippen LogP contribution in [-0.4, -0.2) is 43.7 Å². The zero-order valence-corrected chi connectivity index (χ0v) is 15.7. The fraction of sp³-hybridized carbons (Fsp3) is 0.409. The van der Waals surface area contributed by atoms with Gasteiger partial charge in [-0.2, -0.15) is 0 Å². The van der Waals surface area contributed by atoms with Crippen LogP contribution in [0.5, 0.6) is 11.5 Å². The summed E-state index contributed by atoms with van der Waals surface area (Å²) in [5.74, 6) is 2.11. The number of ether oxygens (including phenoxy) is 2. The molecule has 2 aliphatic heterocycles. The molecule has 1 atom stereocenters. The molecule has 5 heteroatoms. The van der Waals surface area contributed by atoms with Crippen LogP contribution in [0.3, 0.4) is 0 Å². The number of carbonyl (C=O) groups excluding carboxylic acids is 1. The highest BCUT2D eigenvalue weighted by atomic mass is 16.5. The van der Waals surface area contributed by atoms with Gasteiger partial charge in [-0.25, -0.2) is 0 Å². The Balaban J connectivity index is 1.26. The molecule has 2 aromatic rings. The minimum atomic E-state index is 0.220. The van der Waals surface area contributed by atoms with E-state index in [0.29, 0.717) is 6.42 Å². The molecule has 1 N–H and O–H groups in total. The van der Waals surface area contributed by atoms with Crippen molar-refractivity contribution >= 4 is 5.91 Å². The first-order valence-corrected chi connectivity index (χ1v) is 9.60. The van der Waals surface area contributed by atoms with Gasteiger partial charge < -0.3 is 19.7 Å². The Kier molecular flexibility index (Phi) is 5.30. The molecule has 4 rings (SSSR count). The fourth-order valence-electron chi connectivity index (χ4n) is 3.79. The van der Waals surface area contributed by atoms with E-state index in [1.807, 2.05) is 17.0 Å². The van der Waals surface area contributed by atoms with E-state index in [1.165, 1.54) is 16.7 Å². The second-order valence-electron chi connectivity index (χ2n) is 7.26. The number of hydrogen-bond acceptors (Lipinski definition) is 4. The second-order valence-corrected chi connectivity index (χ2v) is 7.26. The Morgan fingerprint density at radius 1 is 1.19 bits per heavy atom. The number of hydrogen-bond donors (Lipinski definition) is 1. The van der Waals surface area contributed by atoms with Crippen LogP contribution in [0, 0.1) is 0 Å². The second kappa shape index (κ2) is 8.01. The lowest BCUT2D eigenvalue weighted by atomic mass is 10.1. The van der Waals surface area contributed by atoms with Gasteiger partial charge in [-0.3, -0.25) is 4.79 Å². The van der Waals surface area contributed by atoms with Crippen LogP contribution < -0.4 is 14.8 Å². The van der Waals surface area contributed by atoms with Gasteiger partial charge in [-0.1, -0.05) is 24.3 Å². The fourth-order valence-corrected chi connectivity index (χ4v) is 3.79. The zero-order chi connectivity index (χ0) is 18.6. The van der Waals surface area contributed by atoms with Crippen molar-refractivity contribution in [2.45, 2.75) is 31.8 Å². The molecule has 0 bridgehead atoms. The number of benzene rings is 2. The molecule has 1 amide bonds. The monoisotopic (exact) mass is 366 g/mol. The molecule has 0 radical (unpaired) electrons. The maximum absolute atomic E-state index is 12.3. The molecule has 2 heterocycles. The van der Waals surface area contributed by atoms with E-state index in [-0.39, 0.29) is 11.9 Å². The van der Waals surface area contributed by atoms with E-state index in [1.54, 1.807) is 7.11 Å². The van der Waals surface area contributed by atoms with E-state index < -0.39 is 0 Å². The van der Waals surface area contributed by atoms with Crippen molar-refractivity contribution < 1.29 is 14.3 Å². The van der Waals surface area contributed by atoms with Crippen molar-refractivity contribution in [2.75, 3.05) is 26.8 Å². The van der Waals surface area contributed by atoms with E-state index >= 15 is 0 Å². The first-order chi connectivity index (χ1) is 13.2. The van der Waals surface area contributed by atoms with Crippen molar-refractivity contribution in [3.8, 4) is 11.5 Å². The summed E-state index contributed by atoms with van der Waals surface area (Å²) in [5, 5.41) is 3.54. The van der Waals surface area contributed by atoms with Crippen molar-refractivity contribution in [3.63, 3.8) is 0 Å². The normalized spacial score (nSPS) is 18.5. The number of methoxy groups -OCH3 is 1. The summed E-state index contributed by atoms with van der Waals surface area (Å²) in [6, 6.07) is 14.7. The molecule has 2 aromatic carbocycles. The van der Waals surface area contributed by atoms with Crippen molar-refractivity contribution in [2.24, 2.45) is 0 Å².